The third-order valence-corrected chi connectivity index (χ3v) is 9.32. The molecule has 3 aliphatic rings. The van der Waals surface area contributed by atoms with Crippen LogP contribution in [0.2, 0.25) is 10.0 Å². The molecule has 0 bridgehead atoms. The van der Waals surface area contributed by atoms with Gasteiger partial charge in [-0.3, -0.25) is 15.1 Å². The van der Waals surface area contributed by atoms with E-state index in [0.717, 1.165) is 60.4 Å². The van der Waals surface area contributed by atoms with Crippen LogP contribution in [0.3, 0.4) is 0 Å². The summed E-state index contributed by atoms with van der Waals surface area (Å²) in [7, 11) is 0. The first kappa shape index (κ1) is 30.5. The largest absolute Gasteiger partial charge is 0.401 e. The lowest BCUT2D eigenvalue weighted by Gasteiger charge is -2.48. The molecular weight excluding hydrogens is 601 g/mol. The molecule has 44 heavy (non-hydrogen) atoms. The molecule has 1 aliphatic carbocycles. The zero-order valence-electron chi connectivity index (χ0n) is 24.4. The molecule has 2 aromatic carbocycles. The van der Waals surface area contributed by atoms with Crippen molar-refractivity contribution in [3.05, 3.63) is 110 Å². The maximum Gasteiger partial charge on any atom is 0.352 e. The molecule has 2 atom stereocenters. The first-order valence-corrected chi connectivity index (χ1v) is 15.7. The molecule has 0 saturated heterocycles. The molecule has 0 amide bonds. The number of pyridine rings is 1. The number of Topliss-reactive ketones (excluding diaryl/α,β-unsaturated/α-hetero) is 1. The topological polar surface area (TPSA) is 97.8 Å². The van der Waals surface area contributed by atoms with E-state index in [1.807, 2.05) is 48.2 Å². The highest BCUT2D eigenvalue weighted by Gasteiger charge is 2.54. The van der Waals surface area contributed by atoms with Gasteiger partial charge in [0.2, 0.25) is 0 Å². The van der Waals surface area contributed by atoms with Crippen molar-refractivity contribution in [3.63, 3.8) is 0 Å². The zero-order valence-corrected chi connectivity index (χ0v) is 25.9. The summed E-state index contributed by atoms with van der Waals surface area (Å²) in [5.74, 6) is -3.47. The lowest BCUT2D eigenvalue weighted by Crippen LogP contribution is -2.63. The van der Waals surface area contributed by atoms with Gasteiger partial charge in [0.05, 0.1) is 34.0 Å². The van der Waals surface area contributed by atoms with Gasteiger partial charge in [0.25, 0.3) is 0 Å². The Morgan fingerprint density at radius 3 is 2.41 bits per heavy atom. The maximum atomic E-state index is 13.3. The Kier molecular flexibility index (Phi) is 8.87. The molecule has 1 N–H and O–H groups in total. The number of rotatable bonds is 8. The number of esters is 2. The molecule has 6 rings (SSSR count). The number of ketones is 1. The molecule has 0 saturated carbocycles. The number of halogens is 2. The summed E-state index contributed by atoms with van der Waals surface area (Å²) in [6.45, 7) is 2.40. The van der Waals surface area contributed by atoms with E-state index in [2.05, 4.69) is 5.32 Å². The summed E-state index contributed by atoms with van der Waals surface area (Å²) in [5.41, 5.74) is 4.90. The number of benzene rings is 2. The Morgan fingerprint density at radius 2 is 1.68 bits per heavy atom. The fraction of sp³-hybridized carbons (Fsp3) is 0.353. The van der Waals surface area contributed by atoms with E-state index in [1.54, 1.807) is 18.2 Å². The minimum Gasteiger partial charge on any atom is -0.401 e. The quantitative estimate of drug-likeness (QED) is 0.242. The SMILES string of the molecule is CC(CC(NCC(=O)c1ccccc1)N1CCc2nc3c(cc2C12OC(=O)C=CC(=O)O2)CCCC3)c1ccc(Cl)c(Cl)c1. The third-order valence-electron chi connectivity index (χ3n) is 8.58. The highest BCUT2D eigenvalue weighted by Crippen LogP contribution is 2.43. The van der Waals surface area contributed by atoms with Gasteiger partial charge in [-0.2, -0.15) is 0 Å². The molecule has 10 heteroatoms. The number of nitrogens with zero attached hydrogens (tertiary/aromatic N) is 2. The fourth-order valence-corrected chi connectivity index (χ4v) is 6.61. The van der Waals surface area contributed by atoms with Crippen molar-refractivity contribution in [2.75, 3.05) is 13.1 Å². The van der Waals surface area contributed by atoms with Crippen LogP contribution in [0, 0.1) is 0 Å². The van der Waals surface area contributed by atoms with Crippen LogP contribution in [0.25, 0.3) is 0 Å². The second kappa shape index (κ2) is 12.8. The van der Waals surface area contributed by atoms with Gasteiger partial charge in [0.1, 0.15) is 0 Å². The normalized spacial score (nSPS) is 18.9. The van der Waals surface area contributed by atoms with E-state index >= 15 is 0 Å². The molecule has 228 valence electrons. The lowest BCUT2D eigenvalue weighted by atomic mass is 9.89. The van der Waals surface area contributed by atoms with Gasteiger partial charge in [-0.15, -0.1) is 0 Å². The molecule has 1 aromatic heterocycles. The minimum atomic E-state index is -1.88. The van der Waals surface area contributed by atoms with E-state index in [9.17, 15) is 14.4 Å². The fourth-order valence-electron chi connectivity index (χ4n) is 6.30. The van der Waals surface area contributed by atoms with Crippen LogP contribution in [0.5, 0.6) is 0 Å². The average Bonchev–Trinajstić information content (AvgIpc) is 3.18. The van der Waals surface area contributed by atoms with Crippen molar-refractivity contribution in [2.24, 2.45) is 0 Å². The number of hydrogen-bond donors (Lipinski definition) is 1. The predicted molar refractivity (Wildman–Crippen MR) is 166 cm³/mol. The molecule has 2 unspecified atom stereocenters. The molecule has 1 spiro atoms. The van der Waals surface area contributed by atoms with Gasteiger partial charge < -0.3 is 9.47 Å². The summed E-state index contributed by atoms with van der Waals surface area (Å²) < 4.78 is 12.2. The Morgan fingerprint density at radius 1 is 0.955 bits per heavy atom. The standard InChI is InChI=1S/C34H33Cl2N3O5/c1-21(23-11-12-26(35)27(36)19-23)17-31(37-20-30(40)22-7-3-2-4-8-22)39-16-15-29-25(18-24-9-5-6-10-28(24)38-29)34(39)43-32(41)13-14-33(42)44-34/h2-4,7-8,11-14,18-19,21,31,37H,5-6,9-10,15-17,20H2,1H3. The molecule has 3 aromatic rings. The number of aryl methyl sites for hydroxylation is 2. The number of nitrogens with one attached hydrogen (secondary N) is 1. The van der Waals surface area contributed by atoms with Gasteiger partial charge in [-0.1, -0.05) is 66.5 Å². The Balaban J connectivity index is 1.41. The van der Waals surface area contributed by atoms with Crippen molar-refractivity contribution < 1.29 is 23.9 Å². The Labute approximate surface area is 266 Å². The number of ether oxygens (including phenoxy) is 2. The summed E-state index contributed by atoms with van der Waals surface area (Å²) in [6.07, 6.45) is 6.40. The lowest BCUT2D eigenvalue weighted by molar-refractivity contribution is -0.306. The highest BCUT2D eigenvalue weighted by molar-refractivity contribution is 6.42. The Hall–Kier alpha value is -3.56. The van der Waals surface area contributed by atoms with Crippen LogP contribution in [0.4, 0.5) is 0 Å². The summed E-state index contributed by atoms with van der Waals surface area (Å²) >= 11 is 12.6. The molecule has 8 nitrogen and oxygen atoms in total. The molecule has 0 fully saturated rings. The van der Waals surface area contributed by atoms with Crippen molar-refractivity contribution in [2.45, 2.75) is 63.4 Å². The highest BCUT2D eigenvalue weighted by atomic mass is 35.5. The van der Waals surface area contributed by atoms with Crippen LogP contribution in [-0.4, -0.2) is 46.9 Å². The second-order valence-corrected chi connectivity index (χ2v) is 12.3. The van der Waals surface area contributed by atoms with E-state index in [0.29, 0.717) is 40.6 Å². The first-order valence-electron chi connectivity index (χ1n) is 14.9. The Bertz CT molecular complexity index is 1610. The minimum absolute atomic E-state index is 0.00475. The van der Waals surface area contributed by atoms with E-state index in [4.69, 9.17) is 37.7 Å². The van der Waals surface area contributed by atoms with Gasteiger partial charge >= 0.3 is 17.8 Å². The van der Waals surface area contributed by atoms with Gasteiger partial charge in [-0.05, 0) is 67.3 Å². The van der Waals surface area contributed by atoms with Crippen LogP contribution >= 0.6 is 23.2 Å². The maximum absolute atomic E-state index is 13.3. The van der Waals surface area contributed by atoms with Crippen LogP contribution < -0.4 is 5.32 Å². The van der Waals surface area contributed by atoms with Crippen molar-refractivity contribution in [1.82, 2.24) is 15.2 Å². The summed E-state index contributed by atoms with van der Waals surface area (Å²) in [5, 5.41) is 4.32. The van der Waals surface area contributed by atoms with Gasteiger partial charge in [0, 0.05) is 36.4 Å². The predicted octanol–water partition coefficient (Wildman–Crippen LogP) is 5.88. The van der Waals surface area contributed by atoms with Crippen molar-refractivity contribution in [3.8, 4) is 0 Å². The van der Waals surface area contributed by atoms with Gasteiger partial charge in [0.15, 0.2) is 5.78 Å². The van der Waals surface area contributed by atoms with E-state index in [-0.39, 0.29) is 18.2 Å². The summed E-state index contributed by atoms with van der Waals surface area (Å²) in [6, 6.07) is 16.5. The molecular formula is C34H33Cl2N3O5. The number of carbonyl (C=O) groups is 3. The van der Waals surface area contributed by atoms with E-state index < -0.39 is 24.0 Å². The molecule has 3 heterocycles. The van der Waals surface area contributed by atoms with Crippen LogP contribution in [0.15, 0.2) is 66.7 Å². The van der Waals surface area contributed by atoms with Gasteiger partial charge in [-0.25, -0.2) is 14.5 Å². The summed E-state index contributed by atoms with van der Waals surface area (Å²) in [4.78, 5) is 46.2. The van der Waals surface area contributed by atoms with Crippen molar-refractivity contribution >= 4 is 40.9 Å². The van der Waals surface area contributed by atoms with Crippen LogP contribution in [0.1, 0.15) is 70.5 Å². The number of fused-ring (bicyclic) bond motifs is 3. The van der Waals surface area contributed by atoms with Crippen LogP contribution in [-0.2, 0) is 44.2 Å². The van der Waals surface area contributed by atoms with E-state index in [1.165, 1.54) is 0 Å². The number of hydrogen-bond acceptors (Lipinski definition) is 8. The monoisotopic (exact) mass is 633 g/mol. The third kappa shape index (κ3) is 6.17. The molecule has 2 aliphatic heterocycles. The first-order chi connectivity index (χ1) is 21.2. The second-order valence-electron chi connectivity index (χ2n) is 11.5. The number of carbonyl (C=O) groups excluding carboxylic acids is 3. The van der Waals surface area contributed by atoms with Crippen molar-refractivity contribution in [1.29, 1.82) is 0 Å². The zero-order chi connectivity index (χ0) is 30.8. The smallest absolute Gasteiger partial charge is 0.352 e. The number of aromatic nitrogens is 1. The molecule has 0 radical (unpaired) electrons. The average molecular weight is 635 g/mol.